The zero-order valence-electron chi connectivity index (χ0n) is 15.2. The zero-order valence-corrected chi connectivity index (χ0v) is 15.2. The summed E-state index contributed by atoms with van der Waals surface area (Å²) in [6.45, 7) is -0.200. The highest BCUT2D eigenvalue weighted by Crippen LogP contribution is 2.13. The molecule has 4 N–H and O–H groups in total. The fraction of sp³-hybridized carbons (Fsp3) is 0.947. The van der Waals surface area contributed by atoms with Gasteiger partial charge in [-0.05, 0) is 12.8 Å². The fourth-order valence-corrected chi connectivity index (χ4v) is 2.79. The molecular formula is C19H38O5. The molecule has 0 aromatic rings. The predicted octanol–water partition coefficient (Wildman–Crippen LogP) is 2.72. The summed E-state index contributed by atoms with van der Waals surface area (Å²) in [5.41, 5.74) is 0. The minimum atomic E-state index is -1.22. The molecule has 2 atom stereocenters. The van der Waals surface area contributed by atoms with E-state index in [-0.39, 0.29) is 12.2 Å². The summed E-state index contributed by atoms with van der Waals surface area (Å²) in [7, 11) is 0. The Bertz CT molecular complexity index is 283. The van der Waals surface area contributed by atoms with Crippen LogP contribution in [0, 0.1) is 0 Å². The molecule has 0 aliphatic rings. The molecule has 5 heteroatoms. The molecular weight excluding hydrogens is 308 g/mol. The second kappa shape index (κ2) is 17.3. The molecule has 0 bridgehead atoms. The monoisotopic (exact) mass is 346 g/mol. The van der Waals surface area contributed by atoms with Crippen LogP contribution in [0.3, 0.4) is 0 Å². The molecule has 0 radical (unpaired) electrons. The van der Waals surface area contributed by atoms with Gasteiger partial charge in [-0.3, -0.25) is 4.79 Å². The van der Waals surface area contributed by atoms with E-state index in [1.807, 2.05) is 0 Å². The van der Waals surface area contributed by atoms with Crippen molar-refractivity contribution >= 4 is 5.78 Å². The van der Waals surface area contributed by atoms with Crippen molar-refractivity contribution in [2.24, 2.45) is 0 Å². The van der Waals surface area contributed by atoms with Crippen molar-refractivity contribution in [3.63, 3.8) is 0 Å². The Morgan fingerprint density at radius 3 is 1.46 bits per heavy atom. The maximum Gasteiger partial charge on any atom is 0.135 e. The summed E-state index contributed by atoms with van der Waals surface area (Å²) < 4.78 is 0. The number of unbranched alkanes of at least 4 members (excludes halogenated alkanes) is 11. The topological polar surface area (TPSA) is 98.0 Å². The molecule has 0 aromatic carbocycles. The predicted molar refractivity (Wildman–Crippen MR) is 95.8 cm³/mol. The molecule has 0 fully saturated rings. The van der Waals surface area contributed by atoms with Crippen LogP contribution >= 0.6 is 0 Å². The first-order valence-electron chi connectivity index (χ1n) is 9.71. The van der Waals surface area contributed by atoms with Gasteiger partial charge in [-0.2, -0.15) is 0 Å². The lowest BCUT2D eigenvalue weighted by Gasteiger charge is -2.14. The molecule has 0 aliphatic heterocycles. The Morgan fingerprint density at radius 1 is 0.625 bits per heavy atom. The lowest BCUT2D eigenvalue weighted by Crippen LogP contribution is -2.31. The number of aliphatic hydroxyl groups excluding tert-OH is 4. The van der Waals surface area contributed by atoms with Gasteiger partial charge in [-0.25, -0.2) is 0 Å². The molecule has 0 saturated heterocycles. The highest BCUT2D eigenvalue weighted by atomic mass is 16.4. The number of carbonyl (C=O) groups excluding carboxylic acids is 1. The van der Waals surface area contributed by atoms with Crippen molar-refractivity contribution in [1.29, 1.82) is 0 Å². The van der Waals surface area contributed by atoms with Gasteiger partial charge in [0.2, 0.25) is 0 Å². The molecule has 0 saturated carbocycles. The van der Waals surface area contributed by atoms with Gasteiger partial charge in [0.1, 0.15) is 11.9 Å². The summed E-state index contributed by atoms with van der Waals surface area (Å²) in [4.78, 5) is 11.6. The van der Waals surface area contributed by atoms with Crippen LogP contribution in [0.15, 0.2) is 0 Å². The molecule has 0 amide bonds. The second-order valence-corrected chi connectivity index (χ2v) is 6.78. The van der Waals surface area contributed by atoms with Crippen LogP contribution in [0.5, 0.6) is 0 Å². The fourth-order valence-electron chi connectivity index (χ4n) is 2.79. The zero-order chi connectivity index (χ0) is 18.0. The third-order valence-corrected chi connectivity index (χ3v) is 4.43. The number of hydrogen-bond donors (Lipinski definition) is 4. The molecule has 2 unspecified atom stereocenters. The molecule has 5 nitrogen and oxygen atoms in total. The lowest BCUT2D eigenvalue weighted by molar-refractivity contribution is -0.123. The Labute approximate surface area is 147 Å². The minimum absolute atomic E-state index is 0.0452. The van der Waals surface area contributed by atoms with Crippen molar-refractivity contribution < 1.29 is 25.2 Å². The van der Waals surface area contributed by atoms with Crippen LogP contribution in [0.25, 0.3) is 0 Å². The Hall–Kier alpha value is -0.490. The van der Waals surface area contributed by atoms with E-state index >= 15 is 0 Å². The number of rotatable bonds is 18. The highest BCUT2D eigenvalue weighted by molar-refractivity contribution is 5.78. The maximum absolute atomic E-state index is 11.6. The van der Waals surface area contributed by atoms with E-state index in [1.165, 1.54) is 44.9 Å². The summed E-state index contributed by atoms with van der Waals surface area (Å²) in [6, 6.07) is 0. The summed E-state index contributed by atoms with van der Waals surface area (Å²) in [6.07, 6.45) is 12.0. The largest absolute Gasteiger partial charge is 0.396 e. The third-order valence-electron chi connectivity index (χ3n) is 4.43. The number of carbonyl (C=O) groups is 1. The van der Waals surface area contributed by atoms with E-state index in [2.05, 4.69) is 0 Å². The molecule has 24 heavy (non-hydrogen) atoms. The number of Topliss-reactive ketones (excluding diaryl/α,β-unsaturated/α-hetero) is 1. The van der Waals surface area contributed by atoms with Gasteiger partial charge in [-0.15, -0.1) is 0 Å². The Kier molecular flexibility index (Phi) is 17.0. The van der Waals surface area contributed by atoms with Gasteiger partial charge in [0, 0.05) is 19.4 Å². The normalized spacial score (nSPS) is 13.8. The van der Waals surface area contributed by atoms with Crippen molar-refractivity contribution in [2.75, 3.05) is 13.2 Å². The van der Waals surface area contributed by atoms with Gasteiger partial charge in [0.15, 0.2) is 0 Å². The lowest BCUT2D eigenvalue weighted by atomic mass is 10.0. The van der Waals surface area contributed by atoms with E-state index in [4.69, 9.17) is 10.2 Å². The quantitative estimate of drug-likeness (QED) is 0.286. The van der Waals surface area contributed by atoms with Crippen molar-refractivity contribution in [2.45, 2.75) is 102 Å². The molecule has 0 rings (SSSR count). The van der Waals surface area contributed by atoms with Gasteiger partial charge < -0.3 is 20.4 Å². The smallest absolute Gasteiger partial charge is 0.135 e. The van der Waals surface area contributed by atoms with Gasteiger partial charge in [-0.1, -0.05) is 64.2 Å². The molecule has 0 aliphatic carbocycles. The van der Waals surface area contributed by atoms with E-state index in [0.29, 0.717) is 13.0 Å². The van der Waals surface area contributed by atoms with Gasteiger partial charge in [0.05, 0.1) is 12.7 Å². The second-order valence-electron chi connectivity index (χ2n) is 6.78. The Balaban J connectivity index is 3.26. The molecule has 0 spiro atoms. The SMILES string of the molecule is O=C(CCCCCCCCCCCCCCO)CC(O)C(O)CO. The van der Waals surface area contributed by atoms with E-state index < -0.39 is 18.8 Å². The van der Waals surface area contributed by atoms with Gasteiger partial charge >= 0.3 is 0 Å². The standard InChI is InChI=1S/C19H38O5/c20-14-12-10-8-6-4-2-1-3-5-7-9-11-13-17(22)15-18(23)19(24)16-21/h18-21,23-24H,1-16H2. The van der Waals surface area contributed by atoms with Crippen LogP contribution in [0.4, 0.5) is 0 Å². The van der Waals surface area contributed by atoms with Crippen LogP contribution in [-0.2, 0) is 4.79 Å². The van der Waals surface area contributed by atoms with Crippen molar-refractivity contribution in [3.05, 3.63) is 0 Å². The first kappa shape index (κ1) is 23.5. The van der Waals surface area contributed by atoms with E-state index in [0.717, 1.165) is 32.1 Å². The average Bonchev–Trinajstić information content (AvgIpc) is 2.58. The molecule has 0 heterocycles. The third kappa shape index (κ3) is 15.1. The first-order chi connectivity index (χ1) is 11.6. The Morgan fingerprint density at radius 2 is 1.04 bits per heavy atom. The number of ketones is 1. The average molecular weight is 347 g/mol. The summed E-state index contributed by atoms with van der Waals surface area (Å²) >= 11 is 0. The van der Waals surface area contributed by atoms with Crippen LogP contribution < -0.4 is 0 Å². The highest BCUT2D eigenvalue weighted by Gasteiger charge is 2.18. The number of hydrogen-bond acceptors (Lipinski definition) is 5. The molecule has 0 aromatic heterocycles. The molecule has 144 valence electrons. The first-order valence-corrected chi connectivity index (χ1v) is 9.71. The van der Waals surface area contributed by atoms with Gasteiger partial charge in [0.25, 0.3) is 0 Å². The van der Waals surface area contributed by atoms with E-state index in [1.54, 1.807) is 0 Å². The maximum atomic E-state index is 11.6. The van der Waals surface area contributed by atoms with Crippen LogP contribution in [0.2, 0.25) is 0 Å². The van der Waals surface area contributed by atoms with Crippen molar-refractivity contribution in [3.8, 4) is 0 Å². The van der Waals surface area contributed by atoms with Crippen LogP contribution in [0.1, 0.15) is 89.9 Å². The minimum Gasteiger partial charge on any atom is -0.396 e. The summed E-state index contributed by atoms with van der Waals surface area (Å²) in [5, 5.41) is 36.0. The summed E-state index contributed by atoms with van der Waals surface area (Å²) in [5.74, 6) is -0.0452. The van der Waals surface area contributed by atoms with Crippen molar-refractivity contribution in [1.82, 2.24) is 0 Å². The van der Waals surface area contributed by atoms with Crippen LogP contribution in [-0.4, -0.2) is 51.6 Å². The van der Waals surface area contributed by atoms with E-state index in [9.17, 15) is 15.0 Å². The number of aliphatic hydroxyl groups is 4.